The van der Waals surface area contributed by atoms with E-state index in [4.69, 9.17) is 9.47 Å². The molecule has 2 aromatic carbocycles. The van der Waals surface area contributed by atoms with Gasteiger partial charge in [0.15, 0.2) is 11.5 Å². The van der Waals surface area contributed by atoms with E-state index in [0.29, 0.717) is 28.3 Å². The Balaban J connectivity index is 2.04. The number of ether oxygens (including phenoxy) is 2. The fourth-order valence-electron chi connectivity index (χ4n) is 3.52. The van der Waals surface area contributed by atoms with Crippen LogP contribution in [0, 0.1) is 0 Å². The van der Waals surface area contributed by atoms with Gasteiger partial charge in [0.1, 0.15) is 5.75 Å². The maximum absolute atomic E-state index is 11.9. The van der Waals surface area contributed by atoms with Crippen LogP contribution >= 0.6 is 31.9 Å². The molecular formula is C22H24Br2N2O5. The van der Waals surface area contributed by atoms with Crippen LogP contribution in [0.4, 0.5) is 11.4 Å². The number of carbonyl (C=O) groups excluding carboxylic acids is 2. The fourth-order valence-corrected chi connectivity index (χ4v) is 3.80. The van der Waals surface area contributed by atoms with Gasteiger partial charge in [-0.25, -0.2) is 0 Å². The molecule has 1 fully saturated rings. The van der Waals surface area contributed by atoms with Crippen molar-refractivity contribution < 1.29 is 24.2 Å². The first-order valence-corrected chi connectivity index (χ1v) is 12.1. The molecule has 166 valence electrons. The second kappa shape index (κ2) is 10.9. The standard InChI is InChI=1S/C22H24Br2N2O5/c1-30-18-7-6-13(8-19(18)31-15-4-2-3-5-15)16-9-14(25-20(27)11-23)10-17(22(16)29)26-21(28)12-24/h6-10,15,29H,2-5,11-12H2,1H3,(H,25,27)(H,26,28). The number of hydrogen-bond donors (Lipinski definition) is 3. The normalized spacial score (nSPS) is 13.6. The summed E-state index contributed by atoms with van der Waals surface area (Å²) in [6, 6.07) is 8.54. The number of benzene rings is 2. The monoisotopic (exact) mass is 554 g/mol. The number of hydrogen-bond acceptors (Lipinski definition) is 5. The molecule has 0 heterocycles. The van der Waals surface area contributed by atoms with Crippen molar-refractivity contribution in [2.45, 2.75) is 31.8 Å². The van der Waals surface area contributed by atoms with E-state index in [1.165, 1.54) is 6.07 Å². The largest absolute Gasteiger partial charge is 0.505 e. The summed E-state index contributed by atoms with van der Waals surface area (Å²) < 4.78 is 11.6. The number of amides is 2. The van der Waals surface area contributed by atoms with Crippen molar-refractivity contribution in [3.05, 3.63) is 30.3 Å². The van der Waals surface area contributed by atoms with Gasteiger partial charge in [0.05, 0.1) is 29.6 Å². The number of aromatic hydroxyl groups is 1. The van der Waals surface area contributed by atoms with E-state index in [1.54, 1.807) is 31.4 Å². The summed E-state index contributed by atoms with van der Waals surface area (Å²) >= 11 is 6.22. The molecule has 31 heavy (non-hydrogen) atoms. The minimum absolute atomic E-state index is 0.0711. The minimum atomic E-state index is -0.329. The van der Waals surface area contributed by atoms with E-state index in [-0.39, 0.29) is 40.0 Å². The number of phenolic OH excluding ortho intramolecular Hbond substituents is 1. The lowest BCUT2D eigenvalue weighted by Crippen LogP contribution is -2.15. The second-order valence-electron chi connectivity index (χ2n) is 7.17. The lowest BCUT2D eigenvalue weighted by Gasteiger charge is -2.18. The highest BCUT2D eigenvalue weighted by molar-refractivity contribution is 9.09. The van der Waals surface area contributed by atoms with Gasteiger partial charge in [-0.15, -0.1) is 0 Å². The molecule has 9 heteroatoms. The highest BCUT2D eigenvalue weighted by atomic mass is 79.9. The topological polar surface area (TPSA) is 96.9 Å². The molecule has 0 radical (unpaired) electrons. The van der Waals surface area contributed by atoms with Crippen molar-refractivity contribution in [1.82, 2.24) is 0 Å². The Labute approximate surface area is 197 Å². The third kappa shape index (κ3) is 5.92. The Morgan fingerprint density at radius 2 is 1.71 bits per heavy atom. The summed E-state index contributed by atoms with van der Waals surface area (Å²) in [5.41, 5.74) is 1.74. The average molecular weight is 556 g/mol. The molecule has 2 amide bonds. The van der Waals surface area contributed by atoms with Crippen LogP contribution in [-0.4, -0.2) is 40.8 Å². The van der Waals surface area contributed by atoms with Crippen LogP contribution in [0.2, 0.25) is 0 Å². The molecule has 0 atom stereocenters. The lowest BCUT2D eigenvalue weighted by molar-refractivity contribution is -0.114. The summed E-state index contributed by atoms with van der Waals surface area (Å²) in [6.07, 6.45) is 4.40. The van der Waals surface area contributed by atoms with Crippen LogP contribution in [-0.2, 0) is 9.59 Å². The second-order valence-corrected chi connectivity index (χ2v) is 8.30. The van der Waals surface area contributed by atoms with Gasteiger partial charge in [-0.2, -0.15) is 0 Å². The van der Waals surface area contributed by atoms with Crippen molar-refractivity contribution in [3.8, 4) is 28.4 Å². The molecule has 3 N–H and O–H groups in total. The van der Waals surface area contributed by atoms with E-state index >= 15 is 0 Å². The van der Waals surface area contributed by atoms with E-state index in [1.807, 2.05) is 0 Å². The third-order valence-electron chi connectivity index (χ3n) is 4.98. The third-order valence-corrected chi connectivity index (χ3v) is 6.00. The molecule has 0 spiro atoms. The summed E-state index contributed by atoms with van der Waals surface area (Å²) in [6.45, 7) is 0. The van der Waals surface area contributed by atoms with Crippen molar-refractivity contribution in [2.75, 3.05) is 28.4 Å². The molecule has 7 nitrogen and oxygen atoms in total. The molecule has 0 saturated heterocycles. The molecule has 0 aromatic heterocycles. The lowest BCUT2D eigenvalue weighted by atomic mass is 10.0. The van der Waals surface area contributed by atoms with Crippen molar-refractivity contribution in [1.29, 1.82) is 0 Å². The van der Waals surface area contributed by atoms with Gasteiger partial charge in [0.2, 0.25) is 11.8 Å². The molecule has 3 rings (SSSR count). The van der Waals surface area contributed by atoms with Gasteiger partial charge < -0.3 is 25.2 Å². The maximum Gasteiger partial charge on any atom is 0.235 e. The number of rotatable bonds is 8. The number of alkyl halides is 2. The zero-order chi connectivity index (χ0) is 22.4. The number of phenols is 1. The first-order chi connectivity index (χ1) is 14.9. The highest BCUT2D eigenvalue weighted by Crippen LogP contribution is 2.42. The number of carbonyl (C=O) groups is 2. The summed E-state index contributed by atoms with van der Waals surface area (Å²) in [5, 5.41) is 16.5. The predicted octanol–water partition coefficient (Wildman–Crippen LogP) is 5.06. The maximum atomic E-state index is 11.9. The van der Waals surface area contributed by atoms with Crippen molar-refractivity contribution in [3.63, 3.8) is 0 Å². The molecule has 0 unspecified atom stereocenters. The quantitative estimate of drug-likeness (QED) is 0.240. The van der Waals surface area contributed by atoms with Crippen molar-refractivity contribution in [2.24, 2.45) is 0 Å². The van der Waals surface area contributed by atoms with Gasteiger partial charge in [0.25, 0.3) is 0 Å². The SMILES string of the molecule is COc1ccc(-c2cc(NC(=O)CBr)cc(NC(=O)CBr)c2O)cc1OC1CCCC1. The fraction of sp³-hybridized carbons (Fsp3) is 0.364. The minimum Gasteiger partial charge on any atom is -0.505 e. The van der Waals surface area contributed by atoms with Gasteiger partial charge in [-0.1, -0.05) is 37.9 Å². The van der Waals surface area contributed by atoms with E-state index < -0.39 is 0 Å². The first-order valence-electron chi connectivity index (χ1n) is 9.88. The van der Waals surface area contributed by atoms with Crippen LogP contribution in [0.3, 0.4) is 0 Å². The molecule has 2 aromatic rings. The zero-order valence-corrected chi connectivity index (χ0v) is 20.2. The van der Waals surface area contributed by atoms with E-state index in [0.717, 1.165) is 25.7 Å². The molecule has 1 aliphatic rings. The predicted molar refractivity (Wildman–Crippen MR) is 128 cm³/mol. The highest BCUT2D eigenvalue weighted by Gasteiger charge is 2.20. The zero-order valence-electron chi connectivity index (χ0n) is 17.0. The van der Waals surface area contributed by atoms with Crippen LogP contribution in [0.1, 0.15) is 25.7 Å². The van der Waals surface area contributed by atoms with Crippen LogP contribution in [0.15, 0.2) is 30.3 Å². The molecule has 0 aliphatic heterocycles. The number of halogens is 2. The Morgan fingerprint density at radius 3 is 2.35 bits per heavy atom. The van der Waals surface area contributed by atoms with E-state index in [9.17, 15) is 14.7 Å². The van der Waals surface area contributed by atoms with Crippen LogP contribution < -0.4 is 20.1 Å². The van der Waals surface area contributed by atoms with Crippen molar-refractivity contribution >= 4 is 55.0 Å². The van der Waals surface area contributed by atoms with Crippen LogP contribution in [0.5, 0.6) is 17.2 Å². The molecule has 0 bridgehead atoms. The molecule has 1 aliphatic carbocycles. The molecular weight excluding hydrogens is 532 g/mol. The smallest absolute Gasteiger partial charge is 0.235 e. The Morgan fingerprint density at radius 1 is 1.03 bits per heavy atom. The Hall–Kier alpha value is -2.26. The van der Waals surface area contributed by atoms with Gasteiger partial charge >= 0.3 is 0 Å². The molecule has 1 saturated carbocycles. The summed E-state index contributed by atoms with van der Waals surface area (Å²) in [4.78, 5) is 23.8. The van der Waals surface area contributed by atoms with Gasteiger partial charge in [0, 0.05) is 11.3 Å². The van der Waals surface area contributed by atoms with E-state index in [2.05, 4.69) is 42.5 Å². The Bertz CT molecular complexity index is 961. The van der Waals surface area contributed by atoms with Gasteiger partial charge in [-0.3, -0.25) is 9.59 Å². The summed E-state index contributed by atoms with van der Waals surface area (Å²) in [5.74, 6) is 0.502. The Kier molecular flexibility index (Phi) is 8.20. The number of anilines is 2. The average Bonchev–Trinajstić information content (AvgIpc) is 3.28. The number of methoxy groups -OCH3 is 1. The summed E-state index contributed by atoms with van der Waals surface area (Å²) in [7, 11) is 1.58. The first kappa shape index (κ1) is 23.4. The van der Waals surface area contributed by atoms with Gasteiger partial charge in [-0.05, 0) is 55.5 Å². The number of nitrogens with one attached hydrogen (secondary N) is 2. The van der Waals surface area contributed by atoms with Crippen LogP contribution in [0.25, 0.3) is 11.1 Å².